The molecule has 2 rings (SSSR count). The number of rotatable bonds is 4. The average molecular weight is 234 g/mol. The van der Waals surface area contributed by atoms with E-state index in [2.05, 4.69) is 9.88 Å². The molecule has 1 aliphatic heterocycles. The standard InChI is InChI=1S/C13H18N2O2/c1-11(16)10-13(12-4-2-3-5-14-12)15-6-8-17-9-7-15/h2-5,13H,6-10H2,1H3. The number of ketones is 1. The largest absolute Gasteiger partial charge is 0.379 e. The molecule has 17 heavy (non-hydrogen) atoms. The van der Waals surface area contributed by atoms with E-state index in [1.165, 1.54) is 0 Å². The minimum absolute atomic E-state index is 0.0950. The first-order valence-corrected chi connectivity index (χ1v) is 5.99. The number of hydrogen-bond donors (Lipinski definition) is 0. The van der Waals surface area contributed by atoms with Crippen molar-refractivity contribution in [3.63, 3.8) is 0 Å². The number of carbonyl (C=O) groups excluding carboxylic acids is 1. The summed E-state index contributed by atoms with van der Waals surface area (Å²) in [6.07, 6.45) is 2.31. The SMILES string of the molecule is CC(=O)CC(c1ccccn1)N1CCOCC1. The van der Waals surface area contributed by atoms with Gasteiger partial charge in [-0.3, -0.25) is 14.7 Å². The van der Waals surface area contributed by atoms with Crippen molar-refractivity contribution in [2.45, 2.75) is 19.4 Å². The summed E-state index contributed by atoms with van der Waals surface area (Å²) in [5.41, 5.74) is 0.976. The molecule has 1 aliphatic rings. The van der Waals surface area contributed by atoms with Gasteiger partial charge in [-0.1, -0.05) is 6.07 Å². The molecule has 0 amide bonds. The van der Waals surface area contributed by atoms with E-state index in [1.54, 1.807) is 13.1 Å². The van der Waals surface area contributed by atoms with E-state index in [1.807, 2.05) is 18.2 Å². The van der Waals surface area contributed by atoms with E-state index in [4.69, 9.17) is 4.74 Å². The Morgan fingerprint density at radius 3 is 2.82 bits per heavy atom. The van der Waals surface area contributed by atoms with Gasteiger partial charge in [-0.05, 0) is 19.1 Å². The predicted octanol–water partition coefficient (Wildman–Crippen LogP) is 1.43. The molecule has 1 aromatic heterocycles. The van der Waals surface area contributed by atoms with Gasteiger partial charge >= 0.3 is 0 Å². The molecule has 0 spiro atoms. The molecule has 4 heteroatoms. The Hall–Kier alpha value is -1.26. The molecule has 0 aromatic carbocycles. The number of nitrogens with zero attached hydrogens (tertiary/aromatic N) is 2. The highest BCUT2D eigenvalue weighted by Crippen LogP contribution is 2.23. The lowest BCUT2D eigenvalue weighted by Gasteiger charge is -2.33. The zero-order valence-electron chi connectivity index (χ0n) is 10.1. The molecule has 0 saturated carbocycles. The monoisotopic (exact) mass is 234 g/mol. The van der Waals surface area contributed by atoms with Gasteiger partial charge in [0.15, 0.2) is 0 Å². The van der Waals surface area contributed by atoms with Crippen LogP contribution < -0.4 is 0 Å². The summed E-state index contributed by atoms with van der Waals surface area (Å²) in [7, 11) is 0. The van der Waals surface area contributed by atoms with Crippen molar-refractivity contribution in [1.82, 2.24) is 9.88 Å². The fraction of sp³-hybridized carbons (Fsp3) is 0.538. The summed E-state index contributed by atoms with van der Waals surface area (Å²) in [4.78, 5) is 18.0. The summed E-state index contributed by atoms with van der Waals surface area (Å²) in [6, 6.07) is 5.95. The van der Waals surface area contributed by atoms with Crippen LogP contribution in [0, 0.1) is 0 Å². The fourth-order valence-electron chi connectivity index (χ4n) is 2.16. The van der Waals surface area contributed by atoms with Crippen molar-refractivity contribution in [2.75, 3.05) is 26.3 Å². The Morgan fingerprint density at radius 1 is 1.47 bits per heavy atom. The van der Waals surface area contributed by atoms with Gasteiger partial charge in [0.1, 0.15) is 5.78 Å². The highest BCUT2D eigenvalue weighted by atomic mass is 16.5. The first-order chi connectivity index (χ1) is 8.27. The van der Waals surface area contributed by atoms with Gasteiger partial charge in [0.25, 0.3) is 0 Å². The van der Waals surface area contributed by atoms with Crippen molar-refractivity contribution in [1.29, 1.82) is 0 Å². The third-order valence-corrected chi connectivity index (χ3v) is 3.00. The highest BCUT2D eigenvalue weighted by molar-refractivity contribution is 5.76. The van der Waals surface area contributed by atoms with Crippen LogP contribution in [0.2, 0.25) is 0 Å². The maximum absolute atomic E-state index is 11.4. The maximum atomic E-state index is 11.4. The van der Waals surface area contributed by atoms with Crippen LogP contribution in [0.5, 0.6) is 0 Å². The number of ether oxygens (including phenoxy) is 1. The number of aromatic nitrogens is 1. The Labute approximate surface area is 102 Å². The van der Waals surface area contributed by atoms with Crippen molar-refractivity contribution in [3.05, 3.63) is 30.1 Å². The molecule has 4 nitrogen and oxygen atoms in total. The fourth-order valence-corrected chi connectivity index (χ4v) is 2.16. The molecule has 1 aromatic rings. The molecular weight excluding hydrogens is 216 g/mol. The maximum Gasteiger partial charge on any atom is 0.131 e. The van der Waals surface area contributed by atoms with E-state index in [9.17, 15) is 4.79 Å². The lowest BCUT2D eigenvalue weighted by molar-refractivity contribution is -0.118. The molecule has 1 unspecified atom stereocenters. The van der Waals surface area contributed by atoms with E-state index < -0.39 is 0 Å². The Balaban J connectivity index is 2.15. The van der Waals surface area contributed by atoms with Crippen LogP contribution in [0.1, 0.15) is 25.1 Å². The van der Waals surface area contributed by atoms with Gasteiger partial charge in [0.2, 0.25) is 0 Å². The normalized spacial score (nSPS) is 18.9. The van der Waals surface area contributed by atoms with Gasteiger partial charge in [0.05, 0.1) is 24.9 Å². The van der Waals surface area contributed by atoms with Gasteiger partial charge in [0, 0.05) is 25.7 Å². The highest BCUT2D eigenvalue weighted by Gasteiger charge is 2.24. The van der Waals surface area contributed by atoms with Gasteiger partial charge in [-0.25, -0.2) is 0 Å². The average Bonchev–Trinajstić information content (AvgIpc) is 2.38. The molecule has 92 valence electrons. The summed E-state index contributed by atoms with van der Waals surface area (Å²) in [5, 5.41) is 0. The Morgan fingerprint density at radius 2 is 2.24 bits per heavy atom. The van der Waals surface area contributed by atoms with Crippen LogP contribution in [0.15, 0.2) is 24.4 Å². The molecule has 2 heterocycles. The van der Waals surface area contributed by atoms with Crippen molar-refractivity contribution < 1.29 is 9.53 Å². The van der Waals surface area contributed by atoms with Gasteiger partial charge < -0.3 is 4.74 Å². The van der Waals surface area contributed by atoms with Crippen LogP contribution in [0.3, 0.4) is 0 Å². The van der Waals surface area contributed by atoms with Crippen LogP contribution in [0.25, 0.3) is 0 Å². The molecule has 1 saturated heterocycles. The lowest BCUT2D eigenvalue weighted by atomic mass is 10.0. The van der Waals surface area contributed by atoms with Crippen LogP contribution in [0.4, 0.5) is 0 Å². The van der Waals surface area contributed by atoms with E-state index in [-0.39, 0.29) is 11.8 Å². The number of carbonyl (C=O) groups is 1. The zero-order chi connectivity index (χ0) is 12.1. The number of hydrogen-bond acceptors (Lipinski definition) is 4. The summed E-state index contributed by atoms with van der Waals surface area (Å²) >= 11 is 0. The van der Waals surface area contributed by atoms with Crippen LogP contribution in [-0.4, -0.2) is 42.0 Å². The minimum Gasteiger partial charge on any atom is -0.379 e. The number of pyridine rings is 1. The van der Waals surface area contributed by atoms with Crippen molar-refractivity contribution >= 4 is 5.78 Å². The molecule has 0 N–H and O–H groups in total. The van der Waals surface area contributed by atoms with Crippen LogP contribution in [-0.2, 0) is 9.53 Å². The lowest BCUT2D eigenvalue weighted by Crippen LogP contribution is -2.40. The Kier molecular flexibility index (Phi) is 4.23. The molecule has 1 atom stereocenters. The summed E-state index contributed by atoms with van der Waals surface area (Å²) in [6.45, 7) is 4.85. The molecule has 0 bridgehead atoms. The smallest absolute Gasteiger partial charge is 0.131 e. The van der Waals surface area contributed by atoms with Crippen molar-refractivity contribution in [2.24, 2.45) is 0 Å². The summed E-state index contributed by atoms with van der Waals surface area (Å²) in [5.74, 6) is 0.201. The molecule has 1 fully saturated rings. The molecular formula is C13H18N2O2. The van der Waals surface area contributed by atoms with E-state index >= 15 is 0 Å². The third kappa shape index (κ3) is 3.35. The van der Waals surface area contributed by atoms with Crippen molar-refractivity contribution in [3.8, 4) is 0 Å². The van der Waals surface area contributed by atoms with E-state index in [0.717, 1.165) is 32.0 Å². The van der Waals surface area contributed by atoms with Gasteiger partial charge in [-0.2, -0.15) is 0 Å². The number of Topliss-reactive ketones (excluding diaryl/α,β-unsaturated/α-hetero) is 1. The van der Waals surface area contributed by atoms with Crippen LogP contribution >= 0.6 is 0 Å². The molecule has 0 radical (unpaired) electrons. The second kappa shape index (κ2) is 5.89. The first kappa shape index (κ1) is 12.2. The zero-order valence-corrected chi connectivity index (χ0v) is 10.1. The third-order valence-electron chi connectivity index (χ3n) is 3.00. The second-order valence-corrected chi connectivity index (χ2v) is 4.32. The summed E-state index contributed by atoms with van der Waals surface area (Å²) < 4.78 is 5.34. The predicted molar refractivity (Wildman–Crippen MR) is 64.7 cm³/mol. The van der Waals surface area contributed by atoms with E-state index in [0.29, 0.717) is 6.42 Å². The second-order valence-electron chi connectivity index (χ2n) is 4.32. The quantitative estimate of drug-likeness (QED) is 0.790. The first-order valence-electron chi connectivity index (χ1n) is 5.99. The topological polar surface area (TPSA) is 42.4 Å². The minimum atomic E-state index is 0.0950. The van der Waals surface area contributed by atoms with Gasteiger partial charge in [-0.15, -0.1) is 0 Å². The molecule has 0 aliphatic carbocycles. The number of morpholine rings is 1. The Bertz CT molecular complexity index is 361.